The average molecular weight is 249 g/mol. The molecule has 1 aliphatic heterocycles. The molecule has 2 atom stereocenters. The quantitative estimate of drug-likeness (QED) is 0.594. The van der Waals surface area contributed by atoms with Gasteiger partial charge in [0, 0.05) is 16.4 Å². The zero-order valence-electron chi connectivity index (χ0n) is 10.7. The number of nitro groups is 1. The van der Waals surface area contributed by atoms with Gasteiger partial charge in [-0.1, -0.05) is 38.0 Å². The van der Waals surface area contributed by atoms with Crippen molar-refractivity contribution in [3.63, 3.8) is 0 Å². The lowest BCUT2D eigenvalue weighted by Gasteiger charge is -2.31. The van der Waals surface area contributed by atoms with Gasteiger partial charge in [-0.3, -0.25) is 10.1 Å². The van der Waals surface area contributed by atoms with E-state index in [1.807, 2.05) is 24.3 Å². The molecule has 0 amide bonds. The van der Waals surface area contributed by atoms with E-state index in [1.54, 1.807) is 0 Å². The molecule has 1 aliphatic rings. The van der Waals surface area contributed by atoms with Crippen LogP contribution in [-0.4, -0.2) is 18.1 Å². The van der Waals surface area contributed by atoms with E-state index in [4.69, 9.17) is 4.74 Å². The number of unbranched alkanes of at least 4 members (excludes halogenated alkanes) is 1. The minimum absolute atomic E-state index is 0.00324. The second kappa shape index (κ2) is 5.85. The van der Waals surface area contributed by atoms with Gasteiger partial charge >= 0.3 is 0 Å². The molecule has 1 aromatic carbocycles. The van der Waals surface area contributed by atoms with Crippen molar-refractivity contribution in [2.24, 2.45) is 5.92 Å². The molecule has 4 nitrogen and oxygen atoms in total. The average Bonchev–Trinajstić information content (AvgIpc) is 2.37. The summed E-state index contributed by atoms with van der Waals surface area (Å²) in [5.41, 5.74) is 1.00. The normalized spacial score (nSPS) is 22.1. The summed E-state index contributed by atoms with van der Waals surface area (Å²) in [6.07, 6.45) is 3.22. The van der Waals surface area contributed by atoms with Crippen LogP contribution >= 0.6 is 0 Å². The Hall–Kier alpha value is -1.58. The third-order valence-corrected chi connectivity index (χ3v) is 3.61. The van der Waals surface area contributed by atoms with Gasteiger partial charge in [0.1, 0.15) is 5.75 Å². The largest absolute Gasteiger partial charge is 0.493 e. The van der Waals surface area contributed by atoms with Crippen LogP contribution in [0.1, 0.15) is 37.7 Å². The Kier molecular flexibility index (Phi) is 4.18. The van der Waals surface area contributed by atoms with Gasteiger partial charge < -0.3 is 4.74 Å². The Morgan fingerprint density at radius 2 is 2.22 bits per heavy atom. The molecule has 0 spiro atoms. The van der Waals surface area contributed by atoms with Crippen molar-refractivity contribution < 1.29 is 9.66 Å². The molecule has 0 aliphatic carbocycles. The fraction of sp³-hybridized carbons (Fsp3) is 0.571. The van der Waals surface area contributed by atoms with Crippen molar-refractivity contribution in [3.8, 4) is 5.75 Å². The van der Waals surface area contributed by atoms with E-state index in [9.17, 15) is 10.1 Å². The Balaban J connectivity index is 2.21. The molecule has 0 aromatic heterocycles. The van der Waals surface area contributed by atoms with Crippen LogP contribution in [0.25, 0.3) is 0 Å². The van der Waals surface area contributed by atoms with Crippen LogP contribution in [-0.2, 0) is 0 Å². The van der Waals surface area contributed by atoms with Gasteiger partial charge in [0.25, 0.3) is 0 Å². The predicted octanol–water partition coefficient (Wildman–Crippen LogP) is 3.25. The lowest BCUT2D eigenvalue weighted by Crippen LogP contribution is -2.30. The SMILES string of the molecule is CCCC[C@@H]1COc2ccccc2[C@@H]1C[N+](=O)[O-]. The minimum Gasteiger partial charge on any atom is -0.493 e. The zero-order valence-corrected chi connectivity index (χ0v) is 10.7. The van der Waals surface area contributed by atoms with Crippen LogP contribution in [0, 0.1) is 16.0 Å². The molecule has 1 heterocycles. The molecule has 0 bridgehead atoms. The van der Waals surface area contributed by atoms with Gasteiger partial charge in [-0.05, 0) is 12.5 Å². The number of rotatable bonds is 5. The van der Waals surface area contributed by atoms with Crippen LogP contribution in [0.3, 0.4) is 0 Å². The Bertz CT molecular complexity index is 419. The number of ether oxygens (including phenoxy) is 1. The van der Waals surface area contributed by atoms with Crippen molar-refractivity contribution in [2.45, 2.75) is 32.1 Å². The van der Waals surface area contributed by atoms with Crippen molar-refractivity contribution in [3.05, 3.63) is 39.9 Å². The predicted molar refractivity (Wildman–Crippen MR) is 69.6 cm³/mol. The molecule has 0 saturated carbocycles. The summed E-state index contributed by atoms with van der Waals surface area (Å²) in [7, 11) is 0. The van der Waals surface area contributed by atoms with E-state index in [-0.39, 0.29) is 23.3 Å². The highest BCUT2D eigenvalue weighted by Gasteiger charge is 2.33. The molecule has 0 radical (unpaired) electrons. The highest BCUT2D eigenvalue weighted by molar-refractivity contribution is 5.38. The van der Waals surface area contributed by atoms with Gasteiger partial charge in [0.2, 0.25) is 6.54 Å². The Morgan fingerprint density at radius 1 is 1.44 bits per heavy atom. The van der Waals surface area contributed by atoms with E-state index >= 15 is 0 Å². The number of nitrogens with zero attached hydrogens (tertiary/aromatic N) is 1. The lowest BCUT2D eigenvalue weighted by molar-refractivity contribution is -0.485. The van der Waals surface area contributed by atoms with Crippen molar-refractivity contribution in [2.75, 3.05) is 13.2 Å². The summed E-state index contributed by atoms with van der Waals surface area (Å²) in [5, 5.41) is 10.9. The van der Waals surface area contributed by atoms with Gasteiger partial charge in [0.05, 0.1) is 12.5 Å². The first-order valence-electron chi connectivity index (χ1n) is 6.56. The number of fused-ring (bicyclic) bond motifs is 1. The monoisotopic (exact) mass is 249 g/mol. The molecule has 98 valence electrons. The Morgan fingerprint density at radius 3 is 2.94 bits per heavy atom. The molecular formula is C14H19NO3. The molecule has 1 aromatic rings. The maximum absolute atomic E-state index is 10.9. The van der Waals surface area contributed by atoms with Gasteiger partial charge in [-0.15, -0.1) is 0 Å². The molecule has 0 saturated heterocycles. The number of para-hydroxylation sites is 1. The molecule has 2 rings (SSSR count). The van der Waals surface area contributed by atoms with Gasteiger partial charge in [0.15, 0.2) is 0 Å². The summed E-state index contributed by atoms with van der Waals surface area (Å²) in [6, 6.07) is 7.70. The van der Waals surface area contributed by atoms with E-state index in [1.165, 1.54) is 0 Å². The van der Waals surface area contributed by atoms with Crippen LogP contribution in [0.15, 0.2) is 24.3 Å². The van der Waals surface area contributed by atoms with E-state index in [0.717, 1.165) is 30.6 Å². The molecule has 0 N–H and O–H groups in total. The first-order valence-corrected chi connectivity index (χ1v) is 6.56. The van der Waals surface area contributed by atoms with Crippen molar-refractivity contribution >= 4 is 0 Å². The minimum atomic E-state index is -0.203. The van der Waals surface area contributed by atoms with Crippen LogP contribution in [0.2, 0.25) is 0 Å². The standard InChI is InChI=1S/C14H19NO3/c1-2-3-6-11-10-18-14-8-5-4-7-12(14)13(11)9-15(16)17/h4-5,7-8,11,13H,2-3,6,9-10H2,1H3/t11-,13-/m1/s1. The highest BCUT2D eigenvalue weighted by atomic mass is 16.6. The first kappa shape index (κ1) is 12.9. The van der Waals surface area contributed by atoms with Crippen LogP contribution in [0.5, 0.6) is 5.75 Å². The highest BCUT2D eigenvalue weighted by Crippen LogP contribution is 2.39. The second-order valence-electron chi connectivity index (χ2n) is 4.87. The summed E-state index contributed by atoms with van der Waals surface area (Å²) < 4.78 is 5.72. The third kappa shape index (κ3) is 2.81. The van der Waals surface area contributed by atoms with E-state index < -0.39 is 0 Å². The van der Waals surface area contributed by atoms with Crippen LogP contribution in [0.4, 0.5) is 0 Å². The molecule has 0 unspecified atom stereocenters. The zero-order chi connectivity index (χ0) is 13.0. The number of benzene rings is 1. The fourth-order valence-electron chi connectivity index (χ4n) is 2.64. The van der Waals surface area contributed by atoms with E-state index in [0.29, 0.717) is 6.61 Å². The van der Waals surface area contributed by atoms with Gasteiger partial charge in [-0.25, -0.2) is 0 Å². The maximum Gasteiger partial charge on any atom is 0.211 e. The van der Waals surface area contributed by atoms with Crippen molar-refractivity contribution in [1.82, 2.24) is 0 Å². The number of hydrogen-bond donors (Lipinski definition) is 0. The summed E-state index contributed by atoms with van der Waals surface area (Å²) in [5.74, 6) is 1.08. The summed E-state index contributed by atoms with van der Waals surface area (Å²) >= 11 is 0. The smallest absolute Gasteiger partial charge is 0.211 e. The van der Waals surface area contributed by atoms with Crippen LogP contribution < -0.4 is 4.74 Å². The lowest BCUT2D eigenvalue weighted by atomic mass is 9.81. The van der Waals surface area contributed by atoms with E-state index in [2.05, 4.69) is 6.92 Å². The molecule has 0 fully saturated rings. The topological polar surface area (TPSA) is 52.4 Å². The molecule has 18 heavy (non-hydrogen) atoms. The number of hydrogen-bond acceptors (Lipinski definition) is 3. The maximum atomic E-state index is 10.9. The fourth-order valence-corrected chi connectivity index (χ4v) is 2.64. The molecule has 4 heteroatoms. The summed E-state index contributed by atoms with van der Waals surface area (Å²) in [4.78, 5) is 10.7. The summed E-state index contributed by atoms with van der Waals surface area (Å²) in [6.45, 7) is 2.75. The molecular weight excluding hydrogens is 230 g/mol. The van der Waals surface area contributed by atoms with Crippen molar-refractivity contribution in [1.29, 1.82) is 0 Å². The third-order valence-electron chi connectivity index (χ3n) is 3.61. The first-order chi connectivity index (χ1) is 8.72. The van der Waals surface area contributed by atoms with Gasteiger partial charge in [-0.2, -0.15) is 0 Å². The Labute approximate surface area is 107 Å². The second-order valence-corrected chi connectivity index (χ2v) is 4.87.